The quantitative estimate of drug-likeness (QED) is 0.458. The maximum atomic E-state index is 13.1. The van der Waals surface area contributed by atoms with Crippen molar-refractivity contribution in [2.24, 2.45) is 0 Å². The van der Waals surface area contributed by atoms with Crippen LogP contribution >= 0.6 is 0 Å². The number of carbonyl (C=O) groups excluding carboxylic acids is 1. The normalized spacial score (nSPS) is 12.3. The fourth-order valence-electron chi connectivity index (χ4n) is 3.66. The third-order valence-electron chi connectivity index (χ3n) is 5.23. The van der Waals surface area contributed by atoms with E-state index in [9.17, 15) is 4.79 Å². The van der Waals surface area contributed by atoms with E-state index in [1.54, 1.807) is 33.5 Å². The van der Waals surface area contributed by atoms with E-state index in [0.29, 0.717) is 28.7 Å². The van der Waals surface area contributed by atoms with E-state index >= 15 is 0 Å². The van der Waals surface area contributed by atoms with Crippen LogP contribution in [0.2, 0.25) is 0 Å². The van der Waals surface area contributed by atoms with Crippen molar-refractivity contribution in [2.75, 3.05) is 12.1 Å². The Morgan fingerprint density at radius 3 is 2.88 bits per heavy atom. The maximum absolute atomic E-state index is 13.1. The molecular weight excluding hydrogens is 422 g/mol. The SMILES string of the molecule is Cc1cccc(-n2nc(C(=O)Nc3ccc4c(c3)OCO4)cc2-c2ccc3ncnn3c2)n1. The Morgan fingerprint density at radius 2 is 1.97 bits per heavy atom. The summed E-state index contributed by atoms with van der Waals surface area (Å²) in [6.07, 6.45) is 3.33. The molecule has 0 spiro atoms. The van der Waals surface area contributed by atoms with Crippen LogP contribution in [0.4, 0.5) is 5.69 Å². The molecule has 162 valence electrons. The third kappa shape index (κ3) is 3.43. The number of pyridine rings is 2. The van der Waals surface area contributed by atoms with E-state index in [1.807, 2.05) is 43.5 Å². The number of anilines is 1. The number of aryl methyl sites for hydroxylation is 1. The Balaban J connectivity index is 1.41. The van der Waals surface area contributed by atoms with Gasteiger partial charge in [-0.2, -0.15) is 10.2 Å². The lowest BCUT2D eigenvalue weighted by Gasteiger charge is -2.07. The Hall–Kier alpha value is -4.73. The lowest BCUT2D eigenvalue weighted by Crippen LogP contribution is -2.13. The number of hydrogen-bond acceptors (Lipinski definition) is 7. The van der Waals surface area contributed by atoms with E-state index in [1.165, 1.54) is 6.33 Å². The molecule has 1 amide bonds. The molecule has 0 radical (unpaired) electrons. The van der Waals surface area contributed by atoms with Crippen LogP contribution in [-0.4, -0.2) is 42.1 Å². The lowest BCUT2D eigenvalue weighted by atomic mass is 10.2. The predicted molar refractivity (Wildman–Crippen MR) is 119 cm³/mol. The smallest absolute Gasteiger partial charge is 0.276 e. The van der Waals surface area contributed by atoms with Gasteiger partial charge >= 0.3 is 0 Å². The lowest BCUT2D eigenvalue weighted by molar-refractivity contribution is 0.102. The molecule has 10 heteroatoms. The summed E-state index contributed by atoms with van der Waals surface area (Å²) in [5, 5.41) is 11.7. The molecular formula is C23H17N7O3. The second kappa shape index (κ2) is 7.45. The molecule has 0 saturated heterocycles. The van der Waals surface area contributed by atoms with Crippen molar-refractivity contribution in [1.29, 1.82) is 0 Å². The van der Waals surface area contributed by atoms with Gasteiger partial charge < -0.3 is 14.8 Å². The van der Waals surface area contributed by atoms with Gasteiger partial charge in [-0.05, 0) is 49.4 Å². The van der Waals surface area contributed by atoms with Gasteiger partial charge in [-0.15, -0.1) is 0 Å². The van der Waals surface area contributed by atoms with Crippen LogP contribution in [0.1, 0.15) is 16.2 Å². The molecule has 1 aromatic carbocycles. The van der Waals surface area contributed by atoms with Crippen LogP contribution in [-0.2, 0) is 0 Å². The van der Waals surface area contributed by atoms with Gasteiger partial charge in [-0.25, -0.2) is 19.2 Å². The molecule has 6 rings (SSSR count). The van der Waals surface area contributed by atoms with Crippen LogP contribution in [0.5, 0.6) is 11.5 Å². The molecule has 0 saturated carbocycles. The maximum Gasteiger partial charge on any atom is 0.276 e. The Morgan fingerprint density at radius 1 is 1.06 bits per heavy atom. The van der Waals surface area contributed by atoms with Gasteiger partial charge in [0.1, 0.15) is 6.33 Å². The summed E-state index contributed by atoms with van der Waals surface area (Å²) in [5.74, 6) is 1.48. The number of nitrogens with one attached hydrogen (secondary N) is 1. The zero-order valence-corrected chi connectivity index (χ0v) is 17.5. The average molecular weight is 439 g/mol. The summed E-state index contributed by atoms with van der Waals surface area (Å²) < 4.78 is 14.0. The molecule has 0 atom stereocenters. The van der Waals surface area contributed by atoms with Gasteiger partial charge in [0, 0.05) is 29.2 Å². The molecule has 0 fully saturated rings. The number of amides is 1. The summed E-state index contributed by atoms with van der Waals surface area (Å²) in [6, 6.07) is 16.4. The van der Waals surface area contributed by atoms with Crippen LogP contribution in [0, 0.1) is 6.92 Å². The van der Waals surface area contributed by atoms with Gasteiger partial charge in [0.2, 0.25) is 6.79 Å². The van der Waals surface area contributed by atoms with E-state index in [0.717, 1.165) is 16.9 Å². The zero-order valence-electron chi connectivity index (χ0n) is 17.5. The molecule has 0 unspecified atom stereocenters. The van der Waals surface area contributed by atoms with Crippen molar-refractivity contribution in [3.8, 4) is 28.6 Å². The fourth-order valence-corrected chi connectivity index (χ4v) is 3.66. The second-order valence-corrected chi connectivity index (χ2v) is 7.47. The van der Waals surface area contributed by atoms with Crippen molar-refractivity contribution in [1.82, 2.24) is 29.4 Å². The molecule has 1 aliphatic rings. The highest BCUT2D eigenvalue weighted by molar-refractivity contribution is 6.03. The van der Waals surface area contributed by atoms with Gasteiger partial charge in [-0.3, -0.25) is 4.79 Å². The minimum atomic E-state index is -0.358. The zero-order chi connectivity index (χ0) is 22.4. The predicted octanol–water partition coefficient (Wildman–Crippen LogP) is 3.27. The first-order chi connectivity index (χ1) is 16.1. The number of ether oxygens (including phenoxy) is 2. The van der Waals surface area contributed by atoms with E-state index < -0.39 is 0 Å². The van der Waals surface area contributed by atoms with Crippen molar-refractivity contribution in [3.63, 3.8) is 0 Å². The molecule has 10 nitrogen and oxygen atoms in total. The molecule has 5 aromatic rings. The highest BCUT2D eigenvalue weighted by Crippen LogP contribution is 2.34. The van der Waals surface area contributed by atoms with E-state index in [4.69, 9.17) is 9.47 Å². The van der Waals surface area contributed by atoms with Crippen LogP contribution in [0.25, 0.3) is 22.7 Å². The van der Waals surface area contributed by atoms with Gasteiger partial charge in [0.05, 0.1) is 5.69 Å². The number of hydrogen-bond donors (Lipinski definition) is 1. The van der Waals surface area contributed by atoms with Crippen molar-refractivity contribution in [2.45, 2.75) is 6.92 Å². The van der Waals surface area contributed by atoms with Crippen LogP contribution in [0.3, 0.4) is 0 Å². The monoisotopic (exact) mass is 439 g/mol. The molecule has 4 aromatic heterocycles. The summed E-state index contributed by atoms with van der Waals surface area (Å²) in [5.41, 5.74) is 3.89. The molecule has 1 aliphatic heterocycles. The highest BCUT2D eigenvalue weighted by atomic mass is 16.7. The Bertz CT molecular complexity index is 1520. The first-order valence-electron chi connectivity index (χ1n) is 10.2. The number of carbonyl (C=O) groups is 1. The van der Waals surface area contributed by atoms with E-state index in [-0.39, 0.29) is 18.4 Å². The van der Waals surface area contributed by atoms with Gasteiger partial charge in [0.15, 0.2) is 28.7 Å². The minimum Gasteiger partial charge on any atom is -0.454 e. The number of nitrogens with zero attached hydrogens (tertiary/aromatic N) is 6. The Kier molecular flexibility index (Phi) is 4.29. The number of rotatable bonds is 4. The van der Waals surface area contributed by atoms with E-state index in [2.05, 4.69) is 25.5 Å². The number of fused-ring (bicyclic) bond motifs is 2. The third-order valence-corrected chi connectivity index (χ3v) is 5.23. The largest absolute Gasteiger partial charge is 0.454 e. The minimum absolute atomic E-state index is 0.167. The molecule has 33 heavy (non-hydrogen) atoms. The molecule has 5 heterocycles. The van der Waals surface area contributed by atoms with Gasteiger partial charge in [-0.1, -0.05) is 6.07 Å². The number of benzene rings is 1. The van der Waals surface area contributed by atoms with Crippen molar-refractivity contribution >= 4 is 17.2 Å². The van der Waals surface area contributed by atoms with Gasteiger partial charge in [0.25, 0.3) is 5.91 Å². The number of aromatic nitrogens is 6. The first-order valence-corrected chi connectivity index (χ1v) is 10.2. The van der Waals surface area contributed by atoms with Crippen LogP contribution in [0.15, 0.2) is 67.1 Å². The Labute approximate surface area is 187 Å². The van der Waals surface area contributed by atoms with Crippen LogP contribution < -0.4 is 14.8 Å². The summed E-state index contributed by atoms with van der Waals surface area (Å²) in [7, 11) is 0. The summed E-state index contributed by atoms with van der Waals surface area (Å²) >= 11 is 0. The second-order valence-electron chi connectivity index (χ2n) is 7.47. The van der Waals surface area contributed by atoms with Crippen molar-refractivity contribution in [3.05, 3.63) is 78.5 Å². The molecule has 0 aliphatic carbocycles. The molecule has 0 bridgehead atoms. The summed E-state index contributed by atoms with van der Waals surface area (Å²) in [6.45, 7) is 2.07. The molecule has 1 N–H and O–H groups in total. The highest BCUT2D eigenvalue weighted by Gasteiger charge is 2.20. The first kappa shape index (κ1) is 19.0. The van der Waals surface area contributed by atoms with Crippen molar-refractivity contribution < 1.29 is 14.3 Å². The fraction of sp³-hybridized carbons (Fsp3) is 0.0870. The average Bonchev–Trinajstić information content (AvgIpc) is 3.57. The standard InChI is InChI=1S/C23H17N7O3/c1-14-3-2-4-22(26-14)30-18(15-5-8-21-24-12-25-29(21)11-15)10-17(28-30)23(31)27-16-6-7-19-20(9-16)33-13-32-19/h2-12H,13H2,1H3,(H,27,31). The topological polar surface area (TPSA) is 108 Å². The summed E-state index contributed by atoms with van der Waals surface area (Å²) in [4.78, 5) is 21.8.